The Hall–Kier alpha value is -3.13. The van der Waals surface area contributed by atoms with Crippen molar-refractivity contribution >= 4 is 17.8 Å². The molecule has 8 heteroatoms. The topological polar surface area (TPSA) is 132 Å². The van der Waals surface area contributed by atoms with Crippen LogP contribution in [-0.4, -0.2) is 51.2 Å². The van der Waals surface area contributed by atoms with Gasteiger partial charge in [0.05, 0.1) is 17.7 Å². The van der Waals surface area contributed by atoms with Gasteiger partial charge in [-0.3, -0.25) is 14.4 Å². The average molecular weight is 413 g/mol. The maximum absolute atomic E-state index is 12.6. The molecule has 0 saturated heterocycles. The van der Waals surface area contributed by atoms with Crippen LogP contribution in [-0.2, 0) is 22.4 Å². The van der Waals surface area contributed by atoms with Crippen LogP contribution >= 0.6 is 0 Å². The quantitative estimate of drug-likeness (QED) is 0.515. The third-order valence-electron chi connectivity index (χ3n) is 5.47. The molecule has 1 aromatic carbocycles. The number of amides is 2. The Labute approximate surface area is 174 Å². The molecule has 0 spiro atoms. The van der Waals surface area contributed by atoms with E-state index in [0.717, 1.165) is 19.8 Å². The van der Waals surface area contributed by atoms with Crippen LogP contribution in [0.2, 0.25) is 0 Å². The van der Waals surface area contributed by atoms with E-state index < -0.39 is 18.1 Å². The number of carboxylic acid groups (broad SMARTS) is 1. The number of aliphatic hydroxyl groups excluding tert-OH is 1. The monoisotopic (exact) mass is 413 g/mol. The van der Waals surface area contributed by atoms with Crippen LogP contribution in [0.25, 0.3) is 0 Å². The summed E-state index contributed by atoms with van der Waals surface area (Å²) in [6.07, 6.45) is 5.13. The molecular weight excluding hydrogens is 386 g/mol. The minimum atomic E-state index is -0.833. The van der Waals surface area contributed by atoms with Crippen LogP contribution in [0.4, 0.5) is 0 Å². The van der Waals surface area contributed by atoms with Crippen LogP contribution in [0.15, 0.2) is 42.7 Å². The number of aliphatic carboxylic acids is 1. The Morgan fingerprint density at radius 2 is 1.67 bits per heavy atom. The third-order valence-corrected chi connectivity index (χ3v) is 5.47. The molecular formula is C22H27N3O5. The lowest BCUT2D eigenvalue weighted by molar-refractivity contribution is -0.134. The maximum Gasteiger partial charge on any atom is 0.300 e. The van der Waals surface area contributed by atoms with Crippen molar-refractivity contribution in [2.75, 3.05) is 0 Å². The van der Waals surface area contributed by atoms with Gasteiger partial charge in [-0.2, -0.15) is 0 Å². The molecule has 2 aliphatic rings. The lowest BCUT2D eigenvalue weighted by atomic mass is 10.1. The van der Waals surface area contributed by atoms with Gasteiger partial charge in [-0.25, -0.2) is 0 Å². The highest BCUT2D eigenvalue weighted by molar-refractivity contribution is 5.94. The highest BCUT2D eigenvalue weighted by Gasteiger charge is 2.38. The molecule has 8 nitrogen and oxygen atoms in total. The fourth-order valence-corrected chi connectivity index (χ4v) is 4.08. The standard InChI is InChI=1S/C20H23N3O3.C2H4O2/c24-18-10-15(9-17(18)23-19(25)14-5-6-21-11-14)20(26)22-16-7-12-3-1-2-4-13(12)8-16;1-2(3)4/h1-6,11,15-18,21,24H,7-10H2,(H,22,26)(H,23,25);1H3,(H,3,4)/t15-,17+,18+;/m0./s1. The number of carbonyl (C=O) groups excluding carboxylic acids is 2. The van der Waals surface area contributed by atoms with Gasteiger partial charge >= 0.3 is 0 Å². The van der Waals surface area contributed by atoms with E-state index in [0.29, 0.717) is 18.4 Å². The van der Waals surface area contributed by atoms with Gasteiger partial charge < -0.3 is 25.8 Å². The first kappa shape index (κ1) is 21.6. The first-order valence-corrected chi connectivity index (χ1v) is 10.0. The molecule has 0 unspecified atom stereocenters. The second-order valence-corrected chi connectivity index (χ2v) is 7.82. The fourth-order valence-electron chi connectivity index (χ4n) is 4.08. The zero-order valence-electron chi connectivity index (χ0n) is 16.8. The smallest absolute Gasteiger partial charge is 0.300 e. The molecule has 0 radical (unpaired) electrons. The zero-order valence-corrected chi connectivity index (χ0v) is 16.8. The Morgan fingerprint density at radius 1 is 1.03 bits per heavy atom. The second-order valence-electron chi connectivity index (χ2n) is 7.82. The van der Waals surface area contributed by atoms with E-state index in [2.05, 4.69) is 27.8 Å². The van der Waals surface area contributed by atoms with Gasteiger partial charge in [0.2, 0.25) is 5.91 Å². The number of aromatic amines is 1. The maximum atomic E-state index is 12.6. The van der Waals surface area contributed by atoms with Gasteiger partial charge in [-0.1, -0.05) is 24.3 Å². The molecule has 1 heterocycles. The van der Waals surface area contributed by atoms with Crippen molar-refractivity contribution in [2.45, 2.75) is 50.8 Å². The number of carbonyl (C=O) groups is 3. The Bertz CT molecular complexity index is 867. The molecule has 1 saturated carbocycles. The van der Waals surface area contributed by atoms with Gasteiger partial charge in [0.25, 0.3) is 11.9 Å². The summed E-state index contributed by atoms with van der Waals surface area (Å²) in [5.74, 6) is -1.37. The average Bonchev–Trinajstić information content (AvgIpc) is 3.41. The van der Waals surface area contributed by atoms with E-state index in [1.165, 1.54) is 11.1 Å². The Balaban J connectivity index is 0.000000589. The first-order valence-electron chi connectivity index (χ1n) is 10.0. The zero-order chi connectivity index (χ0) is 21.7. The molecule has 2 aromatic rings. The second kappa shape index (κ2) is 9.58. The van der Waals surface area contributed by atoms with Crippen LogP contribution in [0.3, 0.4) is 0 Å². The number of fused-ring (bicyclic) bond motifs is 1. The number of carboxylic acids is 1. The number of H-pyrrole nitrogens is 1. The number of aromatic nitrogens is 1. The summed E-state index contributed by atoms with van der Waals surface area (Å²) in [5, 5.41) is 23.6. The number of nitrogens with one attached hydrogen (secondary N) is 3. The predicted octanol–water partition coefficient (Wildman–Crippen LogP) is 1.26. The molecule has 4 rings (SSSR count). The fraction of sp³-hybridized carbons (Fsp3) is 0.409. The lowest BCUT2D eigenvalue weighted by Gasteiger charge is -2.17. The largest absolute Gasteiger partial charge is 0.481 e. The SMILES string of the molecule is CC(=O)O.O=C(N[C@@H]1C[C@H](C(=O)NC2Cc3ccccc3C2)C[C@H]1O)c1cc[nH]c1. The highest BCUT2D eigenvalue weighted by atomic mass is 16.4. The summed E-state index contributed by atoms with van der Waals surface area (Å²) in [6, 6.07) is 9.65. The van der Waals surface area contributed by atoms with Crippen molar-refractivity contribution in [2.24, 2.45) is 5.92 Å². The van der Waals surface area contributed by atoms with Crippen molar-refractivity contribution < 1.29 is 24.6 Å². The molecule has 0 aliphatic heterocycles. The van der Waals surface area contributed by atoms with Gasteiger partial charge in [0, 0.05) is 31.3 Å². The van der Waals surface area contributed by atoms with Gasteiger partial charge in [-0.05, 0) is 42.9 Å². The molecule has 5 N–H and O–H groups in total. The van der Waals surface area contributed by atoms with Crippen LogP contribution in [0.1, 0.15) is 41.3 Å². The molecule has 2 aliphatic carbocycles. The highest BCUT2D eigenvalue weighted by Crippen LogP contribution is 2.28. The number of hydrogen-bond donors (Lipinski definition) is 5. The minimum absolute atomic E-state index is 0.0275. The summed E-state index contributed by atoms with van der Waals surface area (Å²) < 4.78 is 0. The van der Waals surface area contributed by atoms with Crippen molar-refractivity contribution in [3.63, 3.8) is 0 Å². The van der Waals surface area contributed by atoms with Crippen LogP contribution < -0.4 is 10.6 Å². The van der Waals surface area contributed by atoms with E-state index >= 15 is 0 Å². The molecule has 2 amide bonds. The number of aliphatic hydroxyl groups is 1. The number of hydrogen-bond acceptors (Lipinski definition) is 4. The van der Waals surface area contributed by atoms with Gasteiger partial charge in [0.15, 0.2) is 0 Å². The van der Waals surface area contributed by atoms with Crippen LogP contribution in [0, 0.1) is 5.92 Å². The predicted molar refractivity (Wildman–Crippen MR) is 110 cm³/mol. The van der Waals surface area contributed by atoms with E-state index in [9.17, 15) is 14.7 Å². The summed E-state index contributed by atoms with van der Waals surface area (Å²) in [7, 11) is 0. The van der Waals surface area contributed by atoms with E-state index in [1.807, 2.05) is 12.1 Å². The van der Waals surface area contributed by atoms with E-state index in [1.54, 1.807) is 18.5 Å². The van der Waals surface area contributed by atoms with Gasteiger partial charge in [0.1, 0.15) is 0 Å². The molecule has 1 fully saturated rings. The Morgan fingerprint density at radius 3 is 2.23 bits per heavy atom. The van der Waals surface area contributed by atoms with Crippen molar-refractivity contribution in [1.82, 2.24) is 15.6 Å². The third kappa shape index (κ3) is 5.48. The van der Waals surface area contributed by atoms with Crippen molar-refractivity contribution in [1.29, 1.82) is 0 Å². The molecule has 1 aromatic heterocycles. The van der Waals surface area contributed by atoms with E-state index in [4.69, 9.17) is 9.90 Å². The first-order chi connectivity index (χ1) is 14.3. The molecule has 160 valence electrons. The normalized spacial score (nSPS) is 22.5. The van der Waals surface area contributed by atoms with Gasteiger partial charge in [-0.15, -0.1) is 0 Å². The molecule has 3 atom stereocenters. The van der Waals surface area contributed by atoms with Crippen molar-refractivity contribution in [3.8, 4) is 0 Å². The van der Waals surface area contributed by atoms with E-state index in [-0.39, 0.29) is 23.8 Å². The minimum Gasteiger partial charge on any atom is -0.481 e. The summed E-state index contributed by atoms with van der Waals surface area (Å²) in [4.78, 5) is 36.6. The number of benzene rings is 1. The summed E-state index contributed by atoms with van der Waals surface area (Å²) >= 11 is 0. The molecule has 0 bridgehead atoms. The van der Waals surface area contributed by atoms with Crippen LogP contribution in [0.5, 0.6) is 0 Å². The summed E-state index contributed by atoms with van der Waals surface area (Å²) in [5.41, 5.74) is 3.11. The molecule has 30 heavy (non-hydrogen) atoms. The number of rotatable bonds is 4. The van der Waals surface area contributed by atoms with Crippen molar-refractivity contribution in [3.05, 3.63) is 59.4 Å². The Kier molecular flexibility index (Phi) is 6.89. The summed E-state index contributed by atoms with van der Waals surface area (Å²) in [6.45, 7) is 1.08. The lowest BCUT2D eigenvalue weighted by Crippen LogP contribution is -2.40.